The Balaban J connectivity index is 1.52. The van der Waals surface area contributed by atoms with Crippen LogP contribution in [0, 0.1) is 11.3 Å². The van der Waals surface area contributed by atoms with E-state index in [0.717, 1.165) is 53.8 Å². The Bertz CT molecular complexity index is 1390. The third-order valence-corrected chi connectivity index (χ3v) is 7.20. The number of aromatic nitrogens is 1. The molecule has 6 heteroatoms. The first-order chi connectivity index (χ1) is 16.6. The molecule has 1 aliphatic rings. The van der Waals surface area contributed by atoms with E-state index in [9.17, 15) is 10.1 Å². The van der Waals surface area contributed by atoms with Gasteiger partial charge in [0, 0.05) is 27.4 Å². The van der Waals surface area contributed by atoms with Crippen LogP contribution in [0.1, 0.15) is 40.0 Å². The van der Waals surface area contributed by atoms with Crippen LogP contribution in [0.4, 0.5) is 0 Å². The quantitative estimate of drug-likeness (QED) is 0.211. The second-order valence-electron chi connectivity index (χ2n) is 8.16. The lowest BCUT2D eigenvalue weighted by atomic mass is 9.89. The minimum atomic E-state index is -0.0315. The van der Waals surface area contributed by atoms with E-state index in [4.69, 9.17) is 21.0 Å². The highest BCUT2D eigenvalue weighted by Crippen LogP contribution is 2.40. The first-order valence-electron chi connectivity index (χ1n) is 11.2. The van der Waals surface area contributed by atoms with Crippen LogP contribution < -0.4 is 0 Å². The molecule has 0 aliphatic heterocycles. The molecule has 4 aromatic rings. The number of aryl methyl sites for hydroxylation is 1. The Labute approximate surface area is 207 Å². The van der Waals surface area contributed by atoms with E-state index in [1.54, 1.807) is 24.3 Å². The van der Waals surface area contributed by atoms with Crippen LogP contribution >= 0.6 is 23.4 Å². The average Bonchev–Trinajstić information content (AvgIpc) is 3.37. The molecule has 1 aliphatic carbocycles. The van der Waals surface area contributed by atoms with Crippen LogP contribution in [-0.4, -0.2) is 16.5 Å². The van der Waals surface area contributed by atoms with Crippen molar-refractivity contribution < 1.29 is 9.21 Å². The fourth-order valence-electron chi connectivity index (χ4n) is 4.28. The summed E-state index contributed by atoms with van der Waals surface area (Å²) in [7, 11) is 0. The molecular formula is C28H21ClN2O2S. The van der Waals surface area contributed by atoms with Crippen molar-refractivity contribution in [3.63, 3.8) is 0 Å². The van der Waals surface area contributed by atoms with Gasteiger partial charge in [0.15, 0.2) is 5.78 Å². The van der Waals surface area contributed by atoms with Crippen LogP contribution in [0.3, 0.4) is 0 Å². The molecular weight excluding hydrogens is 464 g/mol. The fraction of sp³-hybridized carbons (Fsp3) is 0.179. The number of fused-ring (bicyclic) bond motifs is 1. The number of rotatable bonds is 6. The lowest BCUT2D eigenvalue weighted by molar-refractivity contribution is 0.102. The Morgan fingerprint density at radius 2 is 1.74 bits per heavy atom. The van der Waals surface area contributed by atoms with Gasteiger partial charge in [0.05, 0.1) is 11.3 Å². The van der Waals surface area contributed by atoms with Crippen LogP contribution in [0.15, 0.2) is 76.2 Å². The summed E-state index contributed by atoms with van der Waals surface area (Å²) >= 11 is 7.25. The van der Waals surface area contributed by atoms with E-state index in [1.807, 2.05) is 42.5 Å². The second-order valence-corrected chi connectivity index (χ2v) is 9.56. The Hall–Kier alpha value is -3.33. The third kappa shape index (κ3) is 4.52. The largest absolute Gasteiger partial charge is 0.456 e. The molecule has 2 aromatic heterocycles. The van der Waals surface area contributed by atoms with Gasteiger partial charge >= 0.3 is 0 Å². The number of nitrogens with zero attached hydrogens (tertiary/aromatic N) is 2. The molecule has 0 fully saturated rings. The molecule has 0 saturated carbocycles. The van der Waals surface area contributed by atoms with Gasteiger partial charge < -0.3 is 4.42 Å². The summed E-state index contributed by atoms with van der Waals surface area (Å²) in [6, 6.07) is 23.0. The molecule has 0 atom stereocenters. The maximum Gasteiger partial charge on any atom is 0.173 e. The number of ketones is 1. The maximum atomic E-state index is 12.7. The molecule has 168 valence electrons. The summed E-state index contributed by atoms with van der Waals surface area (Å²) in [5.41, 5.74) is 4.95. The smallest absolute Gasteiger partial charge is 0.173 e. The number of carbonyl (C=O) groups excluding carboxylic acids is 1. The van der Waals surface area contributed by atoms with Gasteiger partial charge in [0.1, 0.15) is 22.6 Å². The van der Waals surface area contributed by atoms with Gasteiger partial charge in [0.2, 0.25) is 0 Å². The summed E-state index contributed by atoms with van der Waals surface area (Å²) in [6.07, 6.45) is 3.84. The van der Waals surface area contributed by atoms with Crippen molar-refractivity contribution in [2.45, 2.75) is 30.7 Å². The minimum Gasteiger partial charge on any atom is -0.456 e. The first-order valence-corrected chi connectivity index (χ1v) is 12.5. The van der Waals surface area contributed by atoms with E-state index >= 15 is 0 Å². The van der Waals surface area contributed by atoms with Crippen molar-refractivity contribution in [3.8, 4) is 28.7 Å². The number of pyridine rings is 1. The molecule has 34 heavy (non-hydrogen) atoms. The van der Waals surface area contributed by atoms with Crippen molar-refractivity contribution in [2.75, 3.05) is 5.75 Å². The van der Waals surface area contributed by atoms with E-state index < -0.39 is 0 Å². The van der Waals surface area contributed by atoms with Crippen LogP contribution in [-0.2, 0) is 12.8 Å². The monoisotopic (exact) mass is 484 g/mol. The van der Waals surface area contributed by atoms with Crippen LogP contribution in [0.5, 0.6) is 0 Å². The number of Topliss-reactive ketones (excluding diaryl/α,β-unsaturated/α-hetero) is 1. The Morgan fingerprint density at radius 3 is 2.50 bits per heavy atom. The van der Waals surface area contributed by atoms with Crippen molar-refractivity contribution in [3.05, 3.63) is 94.1 Å². The highest BCUT2D eigenvalue weighted by atomic mass is 35.5. The molecule has 0 bridgehead atoms. The van der Waals surface area contributed by atoms with Crippen molar-refractivity contribution in [1.82, 2.24) is 4.98 Å². The van der Waals surface area contributed by atoms with Gasteiger partial charge in [-0.15, -0.1) is 0 Å². The summed E-state index contributed by atoms with van der Waals surface area (Å²) in [4.78, 5) is 17.6. The van der Waals surface area contributed by atoms with Gasteiger partial charge in [-0.1, -0.05) is 53.7 Å². The summed E-state index contributed by atoms with van der Waals surface area (Å²) < 4.78 is 6.26. The van der Waals surface area contributed by atoms with Gasteiger partial charge in [-0.05, 0) is 67.6 Å². The number of furan rings is 1. The Kier molecular flexibility index (Phi) is 6.53. The predicted octanol–water partition coefficient (Wildman–Crippen LogP) is 7.39. The minimum absolute atomic E-state index is 0.0315. The first kappa shape index (κ1) is 22.5. The van der Waals surface area contributed by atoms with Gasteiger partial charge in [-0.25, -0.2) is 4.98 Å². The van der Waals surface area contributed by atoms with Gasteiger partial charge in [-0.2, -0.15) is 5.26 Å². The summed E-state index contributed by atoms with van der Waals surface area (Å²) in [6.45, 7) is 0. The standard InChI is InChI=1S/C28H21ClN2O2S/c29-20-12-10-18(11-13-20)24(32)17-34-28-22(16-30)27(21-8-4-5-9-23(21)31-28)26-15-14-25(33-26)19-6-2-1-3-7-19/h1-3,6-7,10-15H,4-5,8-9,17H2. The van der Waals surface area contributed by atoms with Gasteiger partial charge in [0.25, 0.3) is 0 Å². The van der Waals surface area contributed by atoms with E-state index in [1.165, 1.54) is 11.8 Å². The normalized spacial score (nSPS) is 12.7. The summed E-state index contributed by atoms with van der Waals surface area (Å²) in [5, 5.41) is 11.3. The molecule has 0 unspecified atom stereocenters. The highest BCUT2D eigenvalue weighted by molar-refractivity contribution is 8.00. The number of hydrogen-bond donors (Lipinski definition) is 0. The van der Waals surface area contributed by atoms with E-state index in [0.29, 0.717) is 26.9 Å². The van der Waals surface area contributed by atoms with Crippen molar-refractivity contribution in [1.29, 1.82) is 5.26 Å². The molecule has 2 aromatic carbocycles. The molecule has 0 saturated heterocycles. The lowest BCUT2D eigenvalue weighted by Gasteiger charge is -2.20. The fourth-order valence-corrected chi connectivity index (χ4v) is 5.31. The molecule has 0 N–H and O–H groups in total. The number of hydrogen-bond acceptors (Lipinski definition) is 5. The predicted molar refractivity (Wildman–Crippen MR) is 135 cm³/mol. The number of benzene rings is 2. The highest BCUT2D eigenvalue weighted by Gasteiger charge is 2.25. The summed E-state index contributed by atoms with van der Waals surface area (Å²) in [5.74, 6) is 1.58. The van der Waals surface area contributed by atoms with Gasteiger partial charge in [-0.3, -0.25) is 4.79 Å². The molecule has 2 heterocycles. The van der Waals surface area contributed by atoms with Crippen molar-refractivity contribution in [2.24, 2.45) is 0 Å². The zero-order chi connectivity index (χ0) is 23.5. The molecule has 5 rings (SSSR count). The number of halogens is 1. The number of nitriles is 1. The molecule has 0 radical (unpaired) electrons. The number of thioether (sulfide) groups is 1. The zero-order valence-electron chi connectivity index (χ0n) is 18.4. The number of carbonyl (C=O) groups is 1. The van der Waals surface area contributed by atoms with Crippen LogP contribution in [0.2, 0.25) is 5.02 Å². The second kappa shape index (κ2) is 9.89. The van der Waals surface area contributed by atoms with Crippen molar-refractivity contribution >= 4 is 29.1 Å². The lowest BCUT2D eigenvalue weighted by Crippen LogP contribution is -2.11. The molecule has 0 amide bonds. The van der Waals surface area contributed by atoms with Crippen LogP contribution in [0.25, 0.3) is 22.6 Å². The SMILES string of the molecule is N#Cc1c(SCC(=O)c2ccc(Cl)cc2)nc2c(c1-c1ccc(-c3ccccc3)o1)CCCC2. The topological polar surface area (TPSA) is 66.9 Å². The Morgan fingerprint density at radius 1 is 1.00 bits per heavy atom. The van der Waals surface area contributed by atoms with E-state index in [2.05, 4.69) is 6.07 Å². The zero-order valence-corrected chi connectivity index (χ0v) is 20.0. The van der Waals surface area contributed by atoms with E-state index in [-0.39, 0.29) is 11.5 Å². The third-order valence-electron chi connectivity index (χ3n) is 5.97. The maximum absolute atomic E-state index is 12.7. The molecule has 4 nitrogen and oxygen atoms in total. The average molecular weight is 485 g/mol. The molecule has 0 spiro atoms.